The molecule has 0 aromatic heterocycles. The highest BCUT2D eigenvalue weighted by Gasteiger charge is 2.07. The summed E-state index contributed by atoms with van der Waals surface area (Å²) in [6, 6.07) is 13.0. The average Bonchev–Trinajstić information content (AvgIpc) is 2.42. The number of hydrogen-bond acceptors (Lipinski definition) is 1. The molecule has 0 aliphatic rings. The molecule has 0 atom stereocenters. The summed E-state index contributed by atoms with van der Waals surface area (Å²) in [7, 11) is 0. The molecule has 2 nitrogen and oxygen atoms in total. The van der Waals surface area contributed by atoms with Gasteiger partial charge in [-0.1, -0.05) is 47.5 Å². The van der Waals surface area contributed by atoms with Crippen molar-refractivity contribution in [3.8, 4) is 0 Å². The molecular weight excluding hydrogens is 293 g/mol. The second-order valence-electron chi connectivity index (χ2n) is 4.60. The van der Waals surface area contributed by atoms with Crippen LogP contribution >= 0.6 is 23.2 Å². The minimum Gasteiger partial charge on any atom is -0.326 e. The predicted octanol–water partition coefficient (Wildman–Crippen LogP) is 4.87. The predicted molar refractivity (Wildman–Crippen MR) is 84.6 cm³/mol. The van der Waals surface area contributed by atoms with Crippen molar-refractivity contribution in [2.75, 3.05) is 5.32 Å². The summed E-state index contributed by atoms with van der Waals surface area (Å²) in [5.41, 5.74) is 2.72. The SMILES string of the molecule is Cc1ccc(Cl)cc1NC(=O)CCc1ccccc1Cl. The van der Waals surface area contributed by atoms with Crippen LogP contribution in [0.15, 0.2) is 42.5 Å². The number of hydrogen-bond donors (Lipinski definition) is 1. The van der Waals surface area contributed by atoms with Crippen LogP contribution in [0.3, 0.4) is 0 Å². The topological polar surface area (TPSA) is 29.1 Å². The first-order chi connectivity index (χ1) is 9.56. The molecule has 4 heteroatoms. The number of rotatable bonds is 4. The molecule has 0 unspecified atom stereocenters. The smallest absolute Gasteiger partial charge is 0.224 e. The zero-order valence-electron chi connectivity index (χ0n) is 11.1. The maximum Gasteiger partial charge on any atom is 0.224 e. The second kappa shape index (κ2) is 6.78. The molecule has 0 saturated heterocycles. The molecule has 0 heterocycles. The molecule has 20 heavy (non-hydrogen) atoms. The maximum atomic E-state index is 12.0. The van der Waals surface area contributed by atoms with E-state index in [2.05, 4.69) is 5.32 Å². The number of aryl methyl sites for hydroxylation is 2. The monoisotopic (exact) mass is 307 g/mol. The molecule has 0 saturated carbocycles. The molecule has 0 fully saturated rings. The Balaban J connectivity index is 1.96. The van der Waals surface area contributed by atoms with Gasteiger partial charge in [-0.2, -0.15) is 0 Å². The Morgan fingerprint density at radius 2 is 1.90 bits per heavy atom. The number of halogens is 2. The van der Waals surface area contributed by atoms with E-state index < -0.39 is 0 Å². The fraction of sp³-hybridized carbons (Fsp3) is 0.188. The van der Waals surface area contributed by atoms with Crippen molar-refractivity contribution in [2.45, 2.75) is 19.8 Å². The Bertz CT molecular complexity index is 626. The van der Waals surface area contributed by atoms with Gasteiger partial charge in [0.05, 0.1) is 0 Å². The molecule has 0 spiro atoms. The fourth-order valence-corrected chi connectivity index (χ4v) is 2.29. The first-order valence-electron chi connectivity index (χ1n) is 6.35. The quantitative estimate of drug-likeness (QED) is 0.857. The van der Waals surface area contributed by atoms with E-state index in [1.54, 1.807) is 12.1 Å². The summed E-state index contributed by atoms with van der Waals surface area (Å²) in [5, 5.41) is 4.18. The minimum atomic E-state index is -0.0460. The van der Waals surface area contributed by atoms with Gasteiger partial charge < -0.3 is 5.32 Å². The largest absolute Gasteiger partial charge is 0.326 e. The van der Waals surface area contributed by atoms with Gasteiger partial charge in [-0.25, -0.2) is 0 Å². The van der Waals surface area contributed by atoms with Crippen LogP contribution in [0.4, 0.5) is 5.69 Å². The van der Waals surface area contributed by atoms with Crippen molar-refractivity contribution in [1.82, 2.24) is 0 Å². The van der Waals surface area contributed by atoms with E-state index in [4.69, 9.17) is 23.2 Å². The van der Waals surface area contributed by atoms with Gasteiger partial charge in [-0.05, 0) is 42.7 Å². The molecule has 2 aromatic carbocycles. The van der Waals surface area contributed by atoms with Gasteiger partial charge in [0.2, 0.25) is 5.91 Å². The van der Waals surface area contributed by atoms with Crippen LogP contribution in [-0.2, 0) is 11.2 Å². The van der Waals surface area contributed by atoms with Crippen molar-refractivity contribution in [3.63, 3.8) is 0 Å². The number of anilines is 1. The summed E-state index contributed by atoms with van der Waals surface area (Å²) < 4.78 is 0. The molecular formula is C16H15Cl2NO. The van der Waals surface area contributed by atoms with Gasteiger partial charge >= 0.3 is 0 Å². The van der Waals surface area contributed by atoms with Crippen molar-refractivity contribution >= 4 is 34.8 Å². The highest BCUT2D eigenvalue weighted by atomic mass is 35.5. The lowest BCUT2D eigenvalue weighted by molar-refractivity contribution is -0.116. The van der Waals surface area contributed by atoms with Gasteiger partial charge in [0.15, 0.2) is 0 Å². The van der Waals surface area contributed by atoms with Gasteiger partial charge in [-0.15, -0.1) is 0 Å². The summed E-state index contributed by atoms with van der Waals surface area (Å²) in [6.45, 7) is 1.93. The van der Waals surface area contributed by atoms with E-state index in [0.717, 1.165) is 16.8 Å². The van der Waals surface area contributed by atoms with E-state index in [9.17, 15) is 4.79 Å². The van der Waals surface area contributed by atoms with E-state index in [-0.39, 0.29) is 5.91 Å². The van der Waals surface area contributed by atoms with Crippen LogP contribution in [0, 0.1) is 6.92 Å². The molecule has 0 aliphatic carbocycles. The number of nitrogens with one attached hydrogen (secondary N) is 1. The van der Waals surface area contributed by atoms with Crippen LogP contribution in [0.5, 0.6) is 0 Å². The normalized spacial score (nSPS) is 10.3. The number of benzene rings is 2. The summed E-state index contributed by atoms with van der Waals surface area (Å²) in [5.74, 6) is -0.0460. The maximum absolute atomic E-state index is 12.0. The van der Waals surface area contributed by atoms with Gasteiger partial charge in [-0.3, -0.25) is 4.79 Å². The lowest BCUT2D eigenvalue weighted by atomic mass is 10.1. The third kappa shape index (κ3) is 3.99. The number of carbonyl (C=O) groups is 1. The van der Waals surface area contributed by atoms with Gasteiger partial charge in [0.25, 0.3) is 0 Å². The molecule has 2 aromatic rings. The third-order valence-electron chi connectivity index (χ3n) is 3.05. The molecule has 0 radical (unpaired) electrons. The molecule has 0 aliphatic heterocycles. The van der Waals surface area contributed by atoms with Crippen LogP contribution < -0.4 is 5.32 Å². The zero-order valence-corrected chi connectivity index (χ0v) is 12.6. The highest BCUT2D eigenvalue weighted by Crippen LogP contribution is 2.21. The Morgan fingerprint density at radius 3 is 2.65 bits per heavy atom. The molecule has 2 rings (SSSR count). The van der Waals surface area contributed by atoms with Crippen LogP contribution in [-0.4, -0.2) is 5.91 Å². The number of carbonyl (C=O) groups excluding carboxylic acids is 1. The lowest BCUT2D eigenvalue weighted by Gasteiger charge is -2.09. The Labute approximate surface area is 128 Å². The van der Waals surface area contributed by atoms with Crippen molar-refractivity contribution in [1.29, 1.82) is 0 Å². The van der Waals surface area contributed by atoms with Gasteiger partial charge in [0.1, 0.15) is 0 Å². The van der Waals surface area contributed by atoms with E-state index in [1.807, 2.05) is 37.3 Å². The second-order valence-corrected chi connectivity index (χ2v) is 5.44. The minimum absolute atomic E-state index is 0.0460. The van der Waals surface area contributed by atoms with Crippen molar-refractivity contribution in [2.24, 2.45) is 0 Å². The van der Waals surface area contributed by atoms with Crippen LogP contribution in [0.1, 0.15) is 17.5 Å². The fourth-order valence-electron chi connectivity index (χ4n) is 1.89. The summed E-state index contributed by atoms with van der Waals surface area (Å²) in [4.78, 5) is 12.0. The summed E-state index contributed by atoms with van der Waals surface area (Å²) in [6.07, 6.45) is 1.00. The highest BCUT2D eigenvalue weighted by molar-refractivity contribution is 6.31. The zero-order chi connectivity index (χ0) is 14.5. The van der Waals surface area contributed by atoms with Crippen molar-refractivity contribution in [3.05, 3.63) is 63.6 Å². The Kier molecular flexibility index (Phi) is 5.05. The Hall–Kier alpha value is -1.51. The molecule has 0 bridgehead atoms. The van der Waals surface area contributed by atoms with E-state index in [1.165, 1.54) is 0 Å². The van der Waals surface area contributed by atoms with Crippen LogP contribution in [0.25, 0.3) is 0 Å². The third-order valence-corrected chi connectivity index (χ3v) is 3.66. The van der Waals surface area contributed by atoms with Crippen molar-refractivity contribution < 1.29 is 4.79 Å². The van der Waals surface area contributed by atoms with Gasteiger partial charge in [0, 0.05) is 22.2 Å². The summed E-state index contributed by atoms with van der Waals surface area (Å²) >= 11 is 12.0. The molecule has 1 amide bonds. The molecule has 1 N–H and O–H groups in total. The standard InChI is InChI=1S/C16H15Cl2NO/c1-11-6-8-13(17)10-15(11)19-16(20)9-7-12-4-2-3-5-14(12)18/h2-6,8,10H,7,9H2,1H3,(H,19,20). The van der Waals surface area contributed by atoms with E-state index >= 15 is 0 Å². The Morgan fingerprint density at radius 1 is 1.15 bits per heavy atom. The lowest BCUT2D eigenvalue weighted by Crippen LogP contribution is -2.13. The first kappa shape index (κ1) is 14.9. The molecule has 104 valence electrons. The number of amides is 1. The average molecular weight is 308 g/mol. The van der Waals surface area contributed by atoms with E-state index in [0.29, 0.717) is 22.9 Å². The first-order valence-corrected chi connectivity index (χ1v) is 7.11. The van der Waals surface area contributed by atoms with Crippen LogP contribution in [0.2, 0.25) is 10.0 Å².